The van der Waals surface area contributed by atoms with Crippen LogP contribution in [-0.4, -0.2) is 12.1 Å². The van der Waals surface area contributed by atoms with Crippen LogP contribution >= 0.6 is 40.7 Å². The van der Waals surface area contributed by atoms with Crippen LogP contribution in [0.15, 0.2) is 28.7 Å². The number of nitrogens with two attached hydrogens (primary N) is 2. The first kappa shape index (κ1) is 22.5. The van der Waals surface area contributed by atoms with Gasteiger partial charge in [-0.15, -0.1) is 24.8 Å². The van der Waals surface area contributed by atoms with Crippen molar-refractivity contribution in [2.75, 3.05) is 0 Å². The van der Waals surface area contributed by atoms with Gasteiger partial charge in [0.1, 0.15) is 0 Å². The molecule has 1 aromatic rings. The predicted molar refractivity (Wildman–Crippen MR) is 97.1 cm³/mol. The van der Waals surface area contributed by atoms with Crippen molar-refractivity contribution < 1.29 is 0 Å². The van der Waals surface area contributed by atoms with E-state index < -0.39 is 0 Å². The van der Waals surface area contributed by atoms with E-state index in [2.05, 4.69) is 54.0 Å². The Morgan fingerprint density at radius 3 is 1.65 bits per heavy atom. The molecule has 2 unspecified atom stereocenters. The van der Waals surface area contributed by atoms with E-state index in [1.807, 2.05) is 0 Å². The summed E-state index contributed by atoms with van der Waals surface area (Å²) in [6, 6.07) is 9.08. The van der Waals surface area contributed by atoms with Gasteiger partial charge in [-0.05, 0) is 49.3 Å². The zero-order valence-electron chi connectivity index (χ0n) is 12.2. The van der Waals surface area contributed by atoms with Crippen molar-refractivity contribution in [2.45, 2.75) is 57.5 Å². The van der Waals surface area contributed by atoms with Gasteiger partial charge in [-0.3, -0.25) is 0 Å². The predicted octanol–water partition coefficient (Wildman–Crippen LogP) is 4.63. The SMILES string of the molecule is CCC(N)CC(CC(N)CC)c1ccc(Br)cc1.Cl.Cl. The van der Waals surface area contributed by atoms with Gasteiger partial charge in [-0.25, -0.2) is 0 Å². The van der Waals surface area contributed by atoms with Crippen LogP contribution in [0.3, 0.4) is 0 Å². The van der Waals surface area contributed by atoms with Gasteiger partial charge >= 0.3 is 0 Å². The smallest absolute Gasteiger partial charge is 0.0175 e. The average molecular weight is 386 g/mol. The van der Waals surface area contributed by atoms with Gasteiger partial charge in [0, 0.05) is 16.6 Å². The van der Waals surface area contributed by atoms with Crippen LogP contribution in [0.2, 0.25) is 0 Å². The lowest BCUT2D eigenvalue weighted by Crippen LogP contribution is -2.27. The third-order valence-corrected chi connectivity index (χ3v) is 4.09. The van der Waals surface area contributed by atoms with Crippen LogP contribution in [0.25, 0.3) is 0 Å². The second-order valence-corrected chi connectivity index (χ2v) is 5.97. The molecule has 0 fully saturated rings. The van der Waals surface area contributed by atoms with E-state index in [0.29, 0.717) is 5.92 Å². The lowest BCUT2D eigenvalue weighted by molar-refractivity contribution is 0.447. The maximum absolute atomic E-state index is 6.11. The largest absolute Gasteiger partial charge is 0.328 e. The van der Waals surface area contributed by atoms with Gasteiger partial charge in [-0.1, -0.05) is 41.9 Å². The highest BCUT2D eigenvalue weighted by Crippen LogP contribution is 2.28. The molecule has 0 radical (unpaired) electrons. The maximum atomic E-state index is 6.11. The first-order valence-electron chi connectivity index (χ1n) is 6.83. The fourth-order valence-electron chi connectivity index (χ4n) is 2.17. The summed E-state index contributed by atoms with van der Waals surface area (Å²) in [7, 11) is 0. The first-order valence-corrected chi connectivity index (χ1v) is 7.62. The molecule has 1 rings (SSSR count). The van der Waals surface area contributed by atoms with Crippen molar-refractivity contribution in [3.05, 3.63) is 34.3 Å². The highest BCUT2D eigenvalue weighted by molar-refractivity contribution is 9.10. The molecule has 118 valence electrons. The van der Waals surface area contributed by atoms with Gasteiger partial charge in [0.05, 0.1) is 0 Å². The summed E-state index contributed by atoms with van der Waals surface area (Å²) in [6.45, 7) is 4.28. The normalized spacial score (nSPS) is 14.7. The van der Waals surface area contributed by atoms with E-state index in [9.17, 15) is 0 Å². The summed E-state index contributed by atoms with van der Waals surface area (Å²) in [6.07, 6.45) is 4.08. The summed E-state index contributed by atoms with van der Waals surface area (Å²) < 4.78 is 1.12. The van der Waals surface area contributed by atoms with E-state index in [1.54, 1.807) is 0 Å². The molecular weight excluding hydrogens is 359 g/mol. The molecule has 0 spiro atoms. The van der Waals surface area contributed by atoms with E-state index in [-0.39, 0.29) is 36.9 Å². The third kappa shape index (κ3) is 7.84. The Balaban J connectivity index is 0. The highest BCUT2D eigenvalue weighted by Gasteiger charge is 2.17. The summed E-state index contributed by atoms with van der Waals surface area (Å²) in [5.74, 6) is 0.475. The Morgan fingerprint density at radius 1 is 0.900 bits per heavy atom. The van der Waals surface area contributed by atoms with Crippen molar-refractivity contribution in [3.8, 4) is 0 Å². The fraction of sp³-hybridized carbons (Fsp3) is 0.600. The van der Waals surface area contributed by atoms with E-state index in [0.717, 1.165) is 30.2 Å². The molecule has 2 atom stereocenters. The molecule has 4 N–H and O–H groups in total. The Labute approximate surface area is 144 Å². The third-order valence-electron chi connectivity index (χ3n) is 3.56. The van der Waals surface area contributed by atoms with Crippen molar-refractivity contribution in [1.82, 2.24) is 0 Å². The lowest BCUT2D eigenvalue weighted by Gasteiger charge is -2.23. The van der Waals surface area contributed by atoms with Gasteiger partial charge < -0.3 is 11.5 Å². The summed E-state index contributed by atoms with van der Waals surface area (Å²) >= 11 is 3.47. The summed E-state index contributed by atoms with van der Waals surface area (Å²) in [4.78, 5) is 0. The van der Waals surface area contributed by atoms with Crippen LogP contribution in [0.4, 0.5) is 0 Å². The molecule has 0 aliphatic heterocycles. The van der Waals surface area contributed by atoms with Crippen LogP contribution in [0, 0.1) is 0 Å². The highest BCUT2D eigenvalue weighted by atomic mass is 79.9. The molecule has 0 amide bonds. The van der Waals surface area contributed by atoms with Crippen molar-refractivity contribution >= 4 is 40.7 Å². The minimum Gasteiger partial charge on any atom is -0.328 e. The number of hydrogen-bond acceptors (Lipinski definition) is 2. The number of hydrogen-bond donors (Lipinski definition) is 2. The van der Waals surface area contributed by atoms with Crippen LogP contribution in [0.1, 0.15) is 51.0 Å². The lowest BCUT2D eigenvalue weighted by atomic mass is 9.86. The topological polar surface area (TPSA) is 52.0 Å². The van der Waals surface area contributed by atoms with Gasteiger partial charge in [0.2, 0.25) is 0 Å². The fourth-order valence-corrected chi connectivity index (χ4v) is 2.43. The zero-order chi connectivity index (χ0) is 13.5. The van der Waals surface area contributed by atoms with Gasteiger partial charge in [0.15, 0.2) is 0 Å². The van der Waals surface area contributed by atoms with Crippen molar-refractivity contribution in [2.24, 2.45) is 11.5 Å². The zero-order valence-corrected chi connectivity index (χ0v) is 15.4. The van der Waals surface area contributed by atoms with Crippen LogP contribution in [0.5, 0.6) is 0 Å². The Bertz CT molecular complexity index is 334. The molecule has 0 saturated carbocycles. The Morgan fingerprint density at radius 2 is 1.30 bits per heavy atom. The molecule has 2 nitrogen and oxygen atoms in total. The van der Waals surface area contributed by atoms with E-state index in [4.69, 9.17) is 11.5 Å². The molecule has 5 heteroatoms. The molecule has 0 saturated heterocycles. The average Bonchev–Trinajstić information content (AvgIpc) is 2.38. The van der Waals surface area contributed by atoms with Gasteiger partial charge in [-0.2, -0.15) is 0 Å². The standard InChI is InChI=1S/C15H25BrN2.2ClH/c1-3-14(17)9-12(10-15(18)4-2)11-5-7-13(16)8-6-11;;/h5-8,12,14-15H,3-4,9-10,17-18H2,1-2H3;2*1H. The minimum atomic E-state index is 0. The molecule has 0 aliphatic carbocycles. The quantitative estimate of drug-likeness (QED) is 0.718. The number of rotatable bonds is 7. The summed E-state index contributed by atoms with van der Waals surface area (Å²) in [5.41, 5.74) is 13.6. The second kappa shape index (κ2) is 11.8. The Hall–Kier alpha value is 0.200. The van der Waals surface area contributed by atoms with E-state index in [1.165, 1.54) is 5.56 Å². The second-order valence-electron chi connectivity index (χ2n) is 5.06. The summed E-state index contributed by atoms with van der Waals surface area (Å²) in [5, 5.41) is 0. The molecule has 0 bridgehead atoms. The Kier molecular flexibility index (Phi) is 13.3. The molecule has 0 aliphatic rings. The van der Waals surface area contributed by atoms with Gasteiger partial charge in [0.25, 0.3) is 0 Å². The van der Waals surface area contributed by atoms with Crippen LogP contribution < -0.4 is 11.5 Å². The number of halogens is 3. The monoisotopic (exact) mass is 384 g/mol. The van der Waals surface area contributed by atoms with Crippen LogP contribution in [-0.2, 0) is 0 Å². The van der Waals surface area contributed by atoms with Crippen molar-refractivity contribution in [1.29, 1.82) is 0 Å². The van der Waals surface area contributed by atoms with E-state index >= 15 is 0 Å². The molecule has 0 heterocycles. The van der Waals surface area contributed by atoms with Crippen molar-refractivity contribution in [3.63, 3.8) is 0 Å². The molecule has 20 heavy (non-hydrogen) atoms. The number of benzene rings is 1. The molecule has 1 aromatic carbocycles. The first-order chi connectivity index (χ1) is 8.56. The minimum absolute atomic E-state index is 0. The maximum Gasteiger partial charge on any atom is 0.0175 e. The molecular formula is C15H27BrCl2N2. The molecule has 0 aromatic heterocycles.